The molecule has 2 radical (unpaired) electrons. The fourth-order valence-corrected chi connectivity index (χ4v) is 2.38. The van der Waals surface area contributed by atoms with E-state index in [1.165, 1.54) is 0 Å². The molecular weight excluding hydrogens is 192 g/mol. The van der Waals surface area contributed by atoms with E-state index in [2.05, 4.69) is 9.97 Å². The molecule has 0 saturated heterocycles. The molecule has 0 spiro atoms. The molecule has 0 N–H and O–H groups in total. The number of pyridine rings is 2. The maximum atomic E-state index is 5.66. The molecule has 1 aliphatic heterocycles. The van der Waals surface area contributed by atoms with Gasteiger partial charge >= 0.3 is 0 Å². The second-order valence-corrected chi connectivity index (χ2v) is 4.12. The molecule has 14 heavy (non-hydrogen) atoms. The Morgan fingerprint density at radius 1 is 0.929 bits per heavy atom. The molecule has 0 aromatic carbocycles. The zero-order valence-corrected chi connectivity index (χ0v) is 8.27. The highest BCUT2D eigenvalue weighted by atomic mass is 28.2. The summed E-state index contributed by atoms with van der Waals surface area (Å²) in [5, 5.41) is 1.97. The van der Waals surface area contributed by atoms with Gasteiger partial charge in [0.1, 0.15) is 11.5 Å². The van der Waals surface area contributed by atoms with Crippen molar-refractivity contribution < 1.29 is 4.74 Å². The topological polar surface area (TPSA) is 35.0 Å². The van der Waals surface area contributed by atoms with E-state index in [4.69, 9.17) is 4.74 Å². The van der Waals surface area contributed by atoms with E-state index >= 15 is 0 Å². The quantitative estimate of drug-likeness (QED) is 0.485. The van der Waals surface area contributed by atoms with E-state index in [1.807, 2.05) is 24.3 Å². The van der Waals surface area contributed by atoms with Crippen molar-refractivity contribution >= 4 is 20.2 Å². The number of fused-ring (bicyclic) bond motifs is 2. The lowest BCUT2D eigenvalue weighted by Gasteiger charge is -2.16. The predicted molar refractivity (Wildman–Crippen MR) is 53.6 cm³/mol. The number of ether oxygens (including phenoxy) is 1. The maximum absolute atomic E-state index is 5.66. The highest BCUT2D eigenvalue weighted by Gasteiger charge is 2.18. The molecule has 2 aromatic rings. The lowest BCUT2D eigenvalue weighted by molar-refractivity contribution is 0.484. The minimum atomic E-state index is 0.497. The summed E-state index contributed by atoms with van der Waals surface area (Å²) in [5.41, 5.74) is 0. The van der Waals surface area contributed by atoms with E-state index in [0.29, 0.717) is 9.52 Å². The summed E-state index contributed by atoms with van der Waals surface area (Å²) in [6.07, 6.45) is 3.56. The maximum Gasteiger partial charge on any atom is 0.184 e. The second kappa shape index (κ2) is 2.92. The molecule has 0 bridgehead atoms. The number of nitrogens with zero attached hydrogens (tertiary/aromatic N) is 2. The van der Waals surface area contributed by atoms with Crippen LogP contribution in [0.25, 0.3) is 0 Å². The molecule has 0 atom stereocenters. The van der Waals surface area contributed by atoms with Gasteiger partial charge in [-0.3, -0.25) is 9.97 Å². The van der Waals surface area contributed by atoms with Gasteiger partial charge in [-0.2, -0.15) is 0 Å². The number of aromatic nitrogens is 2. The predicted octanol–water partition coefficient (Wildman–Crippen LogP) is 0.237. The molecule has 2 aromatic heterocycles. The molecule has 0 saturated carbocycles. The molecule has 66 valence electrons. The zero-order valence-electron chi connectivity index (χ0n) is 7.27. The van der Waals surface area contributed by atoms with E-state index in [1.54, 1.807) is 12.4 Å². The Morgan fingerprint density at radius 3 is 2.07 bits per heavy atom. The lowest BCUT2D eigenvalue weighted by atomic mass is 10.4. The fourth-order valence-electron chi connectivity index (χ4n) is 1.36. The molecule has 0 aliphatic carbocycles. The van der Waals surface area contributed by atoms with E-state index in [9.17, 15) is 0 Å². The van der Waals surface area contributed by atoms with Crippen molar-refractivity contribution in [2.45, 2.75) is 0 Å². The van der Waals surface area contributed by atoms with Crippen molar-refractivity contribution in [2.75, 3.05) is 0 Å². The van der Waals surface area contributed by atoms with Gasteiger partial charge in [-0.15, -0.1) is 0 Å². The number of hydrogen-bond acceptors (Lipinski definition) is 3. The molecular formula is C10H6N2OSi. The van der Waals surface area contributed by atoms with Crippen molar-refractivity contribution in [3.8, 4) is 11.5 Å². The summed E-state index contributed by atoms with van der Waals surface area (Å²) in [7, 11) is 0.497. The van der Waals surface area contributed by atoms with E-state index < -0.39 is 0 Å². The highest BCUT2D eigenvalue weighted by molar-refractivity contribution is 6.68. The molecule has 0 amide bonds. The fraction of sp³-hybridized carbons (Fsp3) is 0. The summed E-state index contributed by atoms with van der Waals surface area (Å²) in [4.78, 5) is 8.53. The Hall–Kier alpha value is -1.68. The third kappa shape index (κ3) is 1.12. The van der Waals surface area contributed by atoms with E-state index in [-0.39, 0.29) is 0 Å². The van der Waals surface area contributed by atoms with Crippen LogP contribution in [0, 0.1) is 0 Å². The second-order valence-electron chi connectivity index (χ2n) is 2.93. The molecule has 0 unspecified atom stereocenters. The van der Waals surface area contributed by atoms with Crippen LogP contribution in [0.3, 0.4) is 0 Å². The average Bonchev–Trinajstić information content (AvgIpc) is 2.26. The molecule has 3 nitrogen and oxygen atoms in total. The van der Waals surface area contributed by atoms with Crippen molar-refractivity contribution in [3.05, 3.63) is 36.7 Å². The van der Waals surface area contributed by atoms with E-state index in [0.717, 1.165) is 22.1 Å². The Bertz CT molecular complexity index is 400. The van der Waals surface area contributed by atoms with Gasteiger partial charge in [-0.1, -0.05) is 0 Å². The number of hydrogen-bond donors (Lipinski definition) is 0. The van der Waals surface area contributed by atoms with Gasteiger partial charge in [0.15, 0.2) is 9.52 Å². The molecule has 4 heteroatoms. The van der Waals surface area contributed by atoms with Crippen molar-refractivity contribution in [2.24, 2.45) is 0 Å². The summed E-state index contributed by atoms with van der Waals surface area (Å²) in [6.45, 7) is 0. The van der Waals surface area contributed by atoms with Crippen LogP contribution >= 0.6 is 0 Å². The summed E-state index contributed by atoms with van der Waals surface area (Å²) >= 11 is 0. The largest absolute Gasteiger partial charge is 0.454 e. The van der Waals surface area contributed by atoms with Gasteiger partial charge < -0.3 is 4.74 Å². The van der Waals surface area contributed by atoms with Gasteiger partial charge in [-0.05, 0) is 24.3 Å². The normalized spacial score (nSPS) is 12.6. The first-order valence-corrected chi connectivity index (χ1v) is 5.28. The van der Waals surface area contributed by atoms with Crippen molar-refractivity contribution in [1.29, 1.82) is 0 Å². The molecule has 3 rings (SSSR count). The van der Waals surface area contributed by atoms with Crippen LogP contribution in [0.1, 0.15) is 0 Å². The molecule has 3 heterocycles. The Labute approximate surface area is 83.6 Å². The first kappa shape index (κ1) is 7.70. The third-order valence-corrected chi connectivity index (χ3v) is 3.22. The SMILES string of the molecule is c1cnc2c(c1)Oc1cccnc1[Si]2. The van der Waals surface area contributed by atoms with Gasteiger partial charge in [0, 0.05) is 12.4 Å². The van der Waals surface area contributed by atoms with Crippen LogP contribution in [0.15, 0.2) is 36.7 Å². The van der Waals surface area contributed by atoms with Crippen LogP contribution in [0.2, 0.25) is 0 Å². The Balaban J connectivity index is 2.12. The standard InChI is InChI=1S/C10H6N2OSi/c1-3-7-9(11-5-1)14-10-8(13-7)4-2-6-12-10/h1-6H. The molecule has 0 fully saturated rings. The first-order valence-electron chi connectivity index (χ1n) is 4.28. The smallest absolute Gasteiger partial charge is 0.184 e. The highest BCUT2D eigenvalue weighted by Crippen LogP contribution is 2.18. The van der Waals surface area contributed by atoms with Crippen LogP contribution in [-0.4, -0.2) is 19.5 Å². The first-order chi connectivity index (χ1) is 6.93. The van der Waals surface area contributed by atoms with Crippen molar-refractivity contribution in [1.82, 2.24) is 9.97 Å². The molecule has 1 aliphatic rings. The van der Waals surface area contributed by atoms with Crippen LogP contribution in [0.4, 0.5) is 0 Å². The van der Waals surface area contributed by atoms with Crippen LogP contribution in [-0.2, 0) is 0 Å². The summed E-state index contributed by atoms with van der Waals surface area (Å²) in [6, 6.07) is 7.63. The van der Waals surface area contributed by atoms with Crippen LogP contribution in [0.5, 0.6) is 11.5 Å². The number of rotatable bonds is 0. The third-order valence-electron chi connectivity index (χ3n) is 2.00. The monoisotopic (exact) mass is 198 g/mol. The van der Waals surface area contributed by atoms with Crippen LogP contribution < -0.4 is 15.4 Å². The summed E-state index contributed by atoms with van der Waals surface area (Å²) < 4.78 is 5.66. The Kier molecular flexibility index (Phi) is 1.60. The van der Waals surface area contributed by atoms with Gasteiger partial charge in [0.05, 0.1) is 10.6 Å². The van der Waals surface area contributed by atoms with Crippen molar-refractivity contribution in [3.63, 3.8) is 0 Å². The van der Waals surface area contributed by atoms with Gasteiger partial charge in [0.25, 0.3) is 0 Å². The Morgan fingerprint density at radius 2 is 1.50 bits per heavy atom. The minimum Gasteiger partial charge on any atom is -0.454 e. The minimum absolute atomic E-state index is 0.497. The average molecular weight is 198 g/mol. The zero-order chi connectivity index (χ0) is 9.38. The van der Waals surface area contributed by atoms with Gasteiger partial charge in [0.2, 0.25) is 0 Å². The summed E-state index contributed by atoms with van der Waals surface area (Å²) in [5.74, 6) is 1.71. The lowest BCUT2D eigenvalue weighted by Crippen LogP contribution is -2.37. The van der Waals surface area contributed by atoms with Gasteiger partial charge in [-0.25, -0.2) is 0 Å².